The zero-order valence-corrected chi connectivity index (χ0v) is 6.05. The quantitative estimate of drug-likeness (QED) is 0.410. The van der Waals surface area contributed by atoms with Crippen LogP contribution in [0.25, 0.3) is 0 Å². The highest BCUT2D eigenvalue weighted by molar-refractivity contribution is 6.29. The fraction of sp³-hybridized carbons (Fsp3) is 0.667. The molecular weight excluding hydrogens is 136 g/mol. The van der Waals surface area contributed by atoms with Crippen molar-refractivity contribution in [3.05, 3.63) is 0 Å². The van der Waals surface area contributed by atoms with Crippen LogP contribution in [0.15, 0.2) is 0 Å². The van der Waals surface area contributed by atoms with Gasteiger partial charge in [-0.15, -0.1) is 0 Å². The standard InChI is InChI=1S/C6H10O4/c1-3-4-10-6(8)5(7)9-2/h3-4H2,1-2H3. The first kappa shape index (κ1) is 8.94. The molecule has 10 heavy (non-hydrogen) atoms. The van der Waals surface area contributed by atoms with Crippen molar-refractivity contribution in [3.8, 4) is 0 Å². The van der Waals surface area contributed by atoms with Gasteiger partial charge in [-0.05, 0) is 6.42 Å². The fourth-order valence-corrected chi connectivity index (χ4v) is 0.337. The molecule has 0 saturated heterocycles. The molecule has 4 heteroatoms. The van der Waals surface area contributed by atoms with Gasteiger partial charge in [-0.25, -0.2) is 9.59 Å². The highest BCUT2D eigenvalue weighted by Crippen LogP contribution is 1.84. The van der Waals surface area contributed by atoms with E-state index in [1.165, 1.54) is 0 Å². The molecular formula is C6H10O4. The van der Waals surface area contributed by atoms with E-state index >= 15 is 0 Å². The van der Waals surface area contributed by atoms with Crippen LogP contribution in [0.4, 0.5) is 0 Å². The van der Waals surface area contributed by atoms with Gasteiger partial charge < -0.3 is 9.47 Å². The molecule has 0 aromatic carbocycles. The van der Waals surface area contributed by atoms with Crippen molar-refractivity contribution in [2.45, 2.75) is 13.3 Å². The highest BCUT2D eigenvalue weighted by atomic mass is 16.6. The number of esters is 2. The summed E-state index contributed by atoms with van der Waals surface area (Å²) in [5.74, 6) is -1.88. The Morgan fingerprint density at radius 3 is 2.30 bits per heavy atom. The molecule has 0 aliphatic rings. The fourth-order valence-electron chi connectivity index (χ4n) is 0.337. The van der Waals surface area contributed by atoms with E-state index in [1.807, 2.05) is 6.92 Å². The summed E-state index contributed by atoms with van der Waals surface area (Å²) in [4.78, 5) is 20.8. The van der Waals surface area contributed by atoms with Gasteiger partial charge >= 0.3 is 11.9 Å². The first-order valence-electron chi connectivity index (χ1n) is 2.97. The molecule has 0 radical (unpaired) electrons. The number of hydrogen-bond donors (Lipinski definition) is 0. The van der Waals surface area contributed by atoms with Gasteiger partial charge in [0, 0.05) is 0 Å². The van der Waals surface area contributed by atoms with E-state index in [2.05, 4.69) is 9.47 Å². The Kier molecular flexibility index (Phi) is 4.28. The molecule has 0 aromatic rings. The van der Waals surface area contributed by atoms with Crippen molar-refractivity contribution in [2.75, 3.05) is 13.7 Å². The second kappa shape index (κ2) is 4.78. The highest BCUT2D eigenvalue weighted by Gasteiger charge is 2.13. The summed E-state index contributed by atoms with van der Waals surface area (Å²) in [5, 5.41) is 0. The van der Waals surface area contributed by atoms with Crippen LogP contribution in [-0.4, -0.2) is 25.7 Å². The predicted molar refractivity (Wildman–Crippen MR) is 33.3 cm³/mol. The number of carbonyl (C=O) groups excluding carboxylic acids is 2. The van der Waals surface area contributed by atoms with Crippen molar-refractivity contribution >= 4 is 11.9 Å². The van der Waals surface area contributed by atoms with E-state index in [-0.39, 0.29) is 6.61 Å². The molecule has 0 atom stereocenters. The third-order valence-electron chi connectivity index (χ3n) is 0.789. The average molecular weight is 146 g/mol. The minimum atomic E-state index is -0.951. The Morgan fingerprint density at radius 2 is 1.90 bits per heavy atom. The maximum Gasteiger partial charge on any atom is 0.417 e. The number of methoxy groups -OCH3 is 1. The van der Waals surface area contributed by atoms with Gasteiger partial charge in [0.1, 0.15) is 0 Å². The molecule has 0 rings (SSSR count). The molecule has 0 bridgehead atoms. The van der Waals surface area contributed by atoms with Gasteiger partial charge in [0.15, 0.2) is 0 Å². The molecule has 0 amide bonds. The lowest BCUT2D eigenvalue weighted by Crippen LogP contribution is -2.18. The molecule has 0 aliphatic carbocycles. The van der Waals surface area contributed by atoms with Crippen LogP contribution in [0.1, 0.15) is 13.3 Å². The van der Waals surface area contributed by atoms with E-state index in [4.69, 9.17) is 0 Å². The monoisotopic (exact) mass is 146 g/mol. The van der Waals surface area contributed by atoms with E-state index < -0.39 is 11.9 Å². The molecule has 4 nitrogen and oxygen atoms in total. The summed E-state index contributed by atoms with van der Waals surface area (Å²) in [5.41, 5.74) is 0. The van der Waals surface area contributed by atoms with Crippen LogP contribution in [0.2, 0.25) is 0 Å². The SMILES string of the molecule is CCCOC(=O)C(=O)OC. The Bertz CT molecular complexity index is 130. The van der Waals surface area contributed by atoms with Crippen molar-refractivity contribution in [3.63, 3.8) is 0 Å². The maximum atomic E-state index is 10.4. The van der Waals surface area contributed by atoms with Crippen molar-refractivity contribution in [1.29, 1.82) is 0 Å². The van der Waals surface area contributed by atoms with Crippen molar-refractivity contribution in [1.82, 2.24) is 0 Å². The third kappa shape index (κ3) is 3.06. The maximum absolute atomic E-state index is 10.4. The first-order valence-corrected chi connectivity index (χ1v) is 2.97. The zero-order valence-electron chi connectivity index (χ0n) is 6.05. The summed E-state index contributed by atoms with van der Waals surface area (Å²) in [6, 6.07) is 0. The van der Waals surface area contributed by atoms with Crippen LogP contribution >= 0.6 is 0 Å². The molecule has 58 valence electrons. The van der Waals surface area contributed by atoms with Gasteiger partial charge in [0.2, 0.25) is 0 Å². The van der Waals surface area contributed by atoms with Crippen LogP contribution in [0.5, 0.6) is 0 Å². The van der Waals surface area contributed by atoms with Crippen LogP contribution < -0.4 is 0 Å². The third-order valence-corrected chi connectivity index (χ3v) is 0.789. The summed E-state index contributed by atoms with van der Waals surface area (Å²) in [6.07, 6.45) is 0.697. The van der Waals surface area contributed by atoms with Crippen molar-refractivity contribution < 1.29 is 19.1 Å². The summed E-state index contributed by atoms with van der Waals surface area (Å²) < 4.78 is 8.53. The van der Waals surface area contributed by atoms with Gasteiger partial charge in [-0.3, -0.25) is 0 Å². The zero-order chi connectivity index (χ0) is 7.98. The van der Waals surface area contributed by atoms with Crippen LogP contribution in [0, 0.1) is 0 Å². The van der Waals surface area contributed by atoms with Crippen molar-refractivity contribution in [2.24, 2.45) is 0 Å². The lowest BCUT2D eigenvalue weighted by Gasteiger charge is -1.98. The molecule has 0 N–H and O–H groups in total. The molecule has 0 heterocycles. The molecule has 0 spiro atoms. The first-order chi connectivity index (χ1) is 4.72. The largest absolute Gasteiger partial charge is 0.461 e. The summed E-state index contributed by atoms with van der Waals surface area (Å²) in [7, 11) is 1.13. The molecule has 0 unspecified atom stereocenters. The number of hydrogen-bond acceptors (Lipinski definition) is 4. The van der Waals surface area contributed by atoms with E-state index in [0.29, 0.717) is 6.42 Å². The number of ether oxygens (including phenoxy) is 2. The second-order valence-electron chi connectivity index (χ2n) is 1.63. The lowest BCUT2D eigenvalue weighted by atomic mass is 10.5. The molecule has 0 saturated carbocycles. The van der Waals surface area contributed by atoms with Crippen LogP contribution in [0.3, 0.4) is 0 Å². The minimum absolute atomic E-state index is 0.258. The second-order valence-corrected chi connectivity index (χ2v) is 1.63. The Balaban J connectivity index is 3.52. The minimum Gasteiger partial charge on any atom is -0.461 e. The van der Waals surface area contributed by atoms with E-state index in [9.17, 15) is 9.59 Å². The molecule has 0 aromatic heterocycles. The topological polar surface area (TPSA) is 52.6 Å². The lowest BCUT2D eigenvalue weighted by molar-refractivity contribution is -0.165. The van der Waals surface area contributed by atoms with E-state index in [0.717, 1.165) is 7.11 Å². The van der Waals surface area contributed by atoms with Gasteiger partial charge in [-0.2, -0.15) is 0 Å². The van der Waals surface area contributed by atoms with Gasteiger partial charge in [0.05, 0.1) is 13.7 Å². The Labute approximate surface area is 59.1 Å². The Hall–Kier alpha value is -1.06. The number of rotatable bonds is 2. The smallest absolute Gasteiger partial charge is 0.417 e. The molecule has 0 aliphatic heterocycles. The van der Waals surface area contributed by atoms with Gasteiger partial charge in [0.25, 0.3) is 0 Å². The summed E-state index contributed by atoms with van der Waals surface area (Å²) in [6.45, 7) is 2.10. The average Bonchev–Trinajstić information content (AvgIpc) is 1.98. The number of carbonyl (C=O) groups is 2. The van der Waals surface area contributed by atoms with E-state index in [1.54, 1.807) is 0 Å². The predicted octanol–water partition coefficient (Wildman–Crippen LogP) is 0.113. The van der Waals surface area contributed by atoms with Crippen LogP contribution in [-0.2, 0) is 19.1 Å². The molecule has 0 fully saturated rings. The normalized spacial score (nSPS) is 8.60. The Morgan fingerprint density at radius 1 is 1.30 bits per heavy atom. The summed E-state index contributed by atoms with van der Waals surface area (Å²) >= 11 is 0. The van der Waals surface area contributed by atoms with Gasteiger partial charge in [-0.1, -0.05) is 6.92 Å².